The maximum atomic E-state index is 12.4. The van der Waals surface area contributed by atoms with Crippen LogP contribution in [-0.2, 0) is 4.79 Å². The fourth-order valence-electron chi connectivity index (χ4n) is 7.89. The van der Waals surface area contributed by atoms with Crippen LogP contribution in [0.3, 0.4) is 0 Å². The molecular formula is C48H97NO3. The molecule has 0 heterocycles. The van der Waals surface area contributed by atoms with Gasteiger partial charge in [0.15, 0.2) is 0 Å². The number of hydrogen-bond acceptors (Lipinski definition) is 3. The average molecular weight is 736 g/mol. The zero-order chi connectivity index (χ0) is 37.8. The summed E-state index contributed by atoms with van der Waals surface area (Å²) in [6, 6.07) is -0.529. The lowest BCUT2D eigenvalue weighted by Crippen LogP contribution is -2.45. The Morgan fingerprint density at radius 3 is 0.865 bits per heavy atom. The second kappa shape index (κ2) is 44.8. The van der Waals surface area contributed by atoms with Crippen molar-refractivity contribution in [3.8, 4) is 0 Å². The number of rotatable bonds is 45. The Labute approximate surface area is 327 Å². The summed E-state index contributed by atoms with van der Waals surface area (Å²) in [6.45, 7) is 4.38. The van der Waals surface area contributed by atoms with Gasteiger partial charge in [0.1, 0.15) is 0 Å². The first-order valence-corrected chi connectivity index (χ1v) is 24.2. The third-order valence-electron chi connectivity index (χ3n) is 11.6. The van der Waals surface area contributed by atoms with Gasteiger partial charge in [0.2, 0.25) is 5.91 Å². The third kappa shape index (κ3) is 40.6. The van der Waals surface area contributed by atoms with Crippen LogP contribution >= 0.6 is 0 Å². The van der Waals surface area contributed by atoms with E-state index in [2.05, 4.69) is 19.2 Å². The van der Waals surface area contributed by atoms with Crippen molar-refractivity contribution in [2.24, 2.45) is 0 Å². The molecule has 52 heavy (non-hydrogen) atoms. The van der Waals surface area contributed by atoms with Crippen molar-refractivity contribution in [2.45, 2.75) is 296 Å². The SMILES string of the molecule is CCCCCCCCCCCCCCCCCCCCCCCCCCCCCC(=O)NC(CO)C(O)CCCCCCCCCCCCCCC. The molecule has 0 aromatic rings. The summed E-state index contributed by atoms with van der Waals surface area (Å²) in [4.78, 5) is 12.4. The lowest BCUT2D eigenvalue weighted by atomic mass is 10.0. The average Bonchev–Trinajstić information content (AvgIpc) is 3.15. The number of carbonyl (C=O) groups is 1. The van der Waals surface area contributed by atoms with Gasteiger partial charge in [-0.2, -0.15) is 0 Å². The highest BCUT2D eigenvalue weighted by molar-refractivity contribution is 5.76. The first-order chi connectivity index (χ1) is 25.7. The van der Waals surface area contributed by atoms with Gasteiger partial charge in [-0.3, -0.25) is 4.79 Å². The molecule has 0 spiro atoms. The zero-order valence-corrected chi connectivity index (χ0v) is 35.9. The molecule has 0 aliphatic rings. The summed E-state index contributed by atoms with van der Waals surface area (Å²) in [5.41, 5.74) is 0. The Hall–Kier alpha value is -0.610. The van der Waals surface area contributed by atoms with Crippen LogP contribution in [0.1, 0.15) is 284 Å². The molecule has 312 valence electrons. The van der Waals surface area contributed by atoms with E-state index in [-0.39, 0.29) is 12.5 Å². The Balaban J connectivity index is 3.39. The fraction of sp³-hybridized carbons (Fsp3) is 0.979. The normalized spacial score (nSPS) is 12.8. The molecular weight excluding hydrogens is 639 g/mol. The maximum Gasteiger partial charge on any atom is 0.220 e. The quantitative estimate of drug-likeness (QED) is 0.0545. The van der Waals surface area contributed by atoms with Crippen LogP contribution in [0.15, 0.2) is 0 Å². The van der Waals surface area contributed by atoms with Gasteiger partial charge in [-0.15, -0.1) is 0 Å². The van der Waals surface area contributed by atoms with E-state index in [9.17, 15) is 15.0 Å². The number of aliphatic hydroxyl groups excluding tert-OH is 2. The van der Waals surface area contributed by atoms with Crippen LogP contribution in [-0.4, -0.2) is 34.9 Å². The summed E-state index contributed by atoms with van der Waals surface area (Å²) < 4.78 is 0. The van der Waals surface area contributed by atoms with Gasteiger partial charge in [0.25, 0.3) is 0 Å². The molecule has 0 saturated carbocycles. The molecule has 0 bridgehead atoms. The van der Waals surface area contributed by atoms with Crippen molar-refractivity contribution < 1.29 is 15.0 Å². The van der Waals surface area contributed by atoms with Crippen LogP contribution in [0.2, 0.25) is 0 Å². The van der Waals surface area contributed by atoms with E-state index in [0.29, 0.717) is 12.8 Å². The molecule has 1 amide bonds. The van der Waals surface area contributed by atoms with E-state index in [0.717, 1.165) is 25.7 Å². The highest BCUT2D eigenvalue weighted by Gasteiger charge is 2.20. The van der Waals surface area contributed by atoms with Crippen LogP contribution in [0.5, 0.6) is 0 Å². The Bertz CT molecular complexity index is 670. The van der Waals surface area contributed by atoms with Gasteiger partial charge in [-0.25, -0.2) is 0 Å². The smallest absolute Gasteiger partial charge is 0.220 e. The van der Waals surface area contributed by atoms with Crippen molar-refractivity contribution >= 4 is 5.91 Å². The molecule has 0 fully saturated rings. The highest BCUT2D eigenvalue weighted by Crippen LogP contribution is 2.17. The van der Waals surface area contributed by atoms with Gasteiger partial charge < -0.3 is 15.5 Å². The van der Waals surface area contributed by atoms with E-state index in [1.54, 1.807) is 0 Å². The number of hydrogen-bond donors (Lipinski definition) is 3. The molecule has 2 unspecified atom stereocenters. The molecule has 0 saturated heterocycles. The fourth-order valence-corrected chi connectivity index (χ4v) is 7.89. The molecule has 0 aliphatic heterocycles. The summed E-state index contributed by atoms with van der Waals surface area (Å²) >= 11 is 0. The second-order valence-electron chi connectivity index (χ2n) is 16.9. The van der Waals surface area contributed by atoms with Gasteiger partial charge in [0, 0.05) is 6.42 Å². The van der Waals surface area contributed by atoms with E-state index in [1.165, 1.54) is 231 Å². The molecule has 0 aromatic carbocycles. The summed E-state index contributed by atoms with van der Waals surface area (Å²) in [5, 5.41) is 23.2. The molecule has 0 radical (unpaired) electrons. The molecule has 0 aliphatic carbocycles. The standard InChI is InChI=1S/C48H97NO3/c1-3-5-7-9-11-13-15-17-18-19-20-21-22-23-24-25-26-27-28-29-30-32-34-36-38-40-42-44-48(52)49-46(45-50)47(51)43-41-39-37-35-33-31-16-14-12-10-8-6-4-2/h46-47,50-51H,3-45H2,1-2H3,(H,49,52). The van der Waals surface area contributed by atoms with Gasteiger partial charge >= 0.3 is 0 Å². The highest BCUT2D eigenvalue weighted by atomic mass is 16.3. The topological polar surface area (TPSA) is 69.6 Å². The maximum absolute atomic E-state index is 12.4. The minimum absolute atomic E-state index is 0.0250. The number of unbranched alkanes of at least 4 members (excludes halogenated alkanes) is 38. The van der Waals surface area contributed by atoms with Crippen molar-refractivity contribution in [1.29, 1.82) is 0 Å². The van der Waals surface area contributed by atoms with Gasteiger partial charge in [-0.1, -0.05) is 264 Å². The van der Waals surface area contributed by atoms with E-state index < -0.39 is 12.1 Å². The zero-order valence-electron chi connectivity index (χ0n) is 35.9. The van der Waals surface area contributed by atoms with E-state index in [1.807, 2.05) is 0 Å². The van der Waals surface area contributed by atoms with Crippen molar-refractivity contribution in [3.63, 3.8) is 0 Å². The van der Waals surface area contributed by atoms with Crippen molar-refractivity contribution in [1.82, 2.24) is 5.32 Å². The number of aliphatic hydroxyl groups is 2. The van der Waals surface area contributed by atoms with E-state index in [4.69, 9.17) is 0 Å². The molecule has 0 rings (SSSR count). The Morgan fingerprint density at radius 2 is 0.615 bits per heavy atom. The number of nitrogens with one attached hydrogen (secondary N) is 1. The molecule has 4 heteroatoms. The molecule has 3 N–H and O–H groups in total. The van der Waals surface area contributed by atoms with Crippen LogP contribution < -0.4 is 5.32 Å². The first-order valence-electron chi connectivity index (χ1n) is 24.2. The van der Waals surface area contributed by atoms with Crippen molar-refractivity contribution in [3.05, 3.63) is 0 Å². The monoisotopic (exact) mass is 736 g/mol. The van der Waals surface area contributed by atoms with Crippen LogP contribution in [0.4, 0.5) is 0 Å². The predicted octanol–water partition coefficient (Wildman–Crippen LogP) is 15.2. The lowest BCUT2D eigenvalue weighted by molar-refractivity contribution is -0.123. The summed E-state index contributed by atoms with van der Waals surface area (Å²) in [6.07, 6.45) is 54.9. The first kappa shape index (κ1) is 51.4. The van der Waals surface area contributed by atoms with Crippen LogP contribution in [0.25, 0.3) is 0 Å². The van der Waals surface area contributed by atoms with E-state index >= 15 is 0 Å². The van der Waals surface area contributed by atoms with Crippen LogP contribution in [0, 0.1) is 0 Å². The summed E-state index contributed by atoms with van der Waals surface area (Å²) in [7, 11) is 0. The number of carbonyl (C=O) groups excluding carboxylic acids is 1. The predicted molar refractivity (Wildman–Crippen MR) is 230 cm³/mol. The number of amides is 1. The van der Waals surface area contributed by atoms with Gasteiger partial charge in [0.05, 0.1) is 18.8 Å². The molecule has 4 nitrogen and oxygen atoms in total. The minimum Gasteiger partial charge on any atom is -0.394 e. The molecule has 0 aromatic heterocycles. The largest absolute Gasteiger partial charge is 0.394 e. The summed E-state index contributed by atoms with van der Waals surface area (Å²) in [5.74, 6) is -0.0250. The molecule has 2 atom stereocenters. The second-order valence-corrected chi connectivity index (χ2v) is 16.9. The Kier molecular flexibility index (Phi) is 44.3. The third-order valence-corrected chi connectivity index (χ3v) is 11.6. The Morgan fingerprint density at radius 1 is 0.385 bits per heavy atom. The minimum atomic E-state index is -0.652. The lowest BCUT2D eigenvalue weighted by Gasteiger charge is -2.22. The van der Waals surface area contributed by atoms with Crippen molar-refractivity contribution in [2.75, 3.05) is 6.61 Å². The van der Waals surface area contributed by atoms with Gasteiger partial charge in [-0.05, 0) is 12.8 Å².